The Morgan fingerprint density at radius 1 is 1.11 bits per heavy atom. The van der Waals surface area contributed by atoms with E-state index in [4.69, 9.17) is 14.0 Å². The monoisotopic (exact) mass is 369 g/mol. The van der Waals surface area contributed by atoms with E-state index < -0.39 is 11.9 Å². The fourth-order valence-corrected chi connectivity index (χ4v) is 2.68. The van der Waals surface area contributed by atoms with Crippen LogP contribution in [-0.4, -0.2) is 33.7 Å². The molecule has 0 aliphatic rings. The van der Waals surface area contributed by atoms with E-state index in [0.717, 1.165) is 5.56 Å². The van der Waals surface area contributed by atoms with Crippen LogP contribution in [0.1, 0.15) is 44.9 Å². The fraction of sp³-hybridized carbons (Fsp3) is 0.263. The Bertz CT molecular complexity index is 959. The van der Waals surface area contributed by atoms with Gasteiger partial charge in [0.15, 0.2) is 6.61 Å². The molecule has 27 heavy (non-hydrogen) atoms. The predicted octanol–water partition coefficient (Wildman–Crippen LogP) is 3.22. The number of hydrogen-bond acceptors (Lipinski definition) is 7. The number of ether oxygens (including phenoxy) is 2. The summed E-state index contributed by atoms with van der Waals surface area (Å²) < 4.78 is 15.4. The Morgan fingerprint density at radius 3 is 2.56 bits per heavy atom. The largest absolute Gasteiger partial charge is 0.462 e. The van der Waals surface area contributed by atoms with Crippen LogP contribution >= 0.6 is 0 Å². The molecule has 1 aromatic carbocycles. The minimum absolute atomic E-state index is 0.175. The van der Waals surface area contributed by atoms with Crippen LogP contribution in [0, 0.1) is 13.8 Å². The SMILES string of the molecule is CCOC(=O)c1c(C)[nH]c(C(=O)OCc2nc(-c3ccccc3)no2)c1C. The molecule has 0 fully saturated rings. The molecular formula is C19H19N3O5. The molecule has 0 amide bonds. The first-order valence-electron chi connectivity index (χ1n) is 8.42. The molecule has 2 aromatic heterocycles. The van der Waals surface area contributed by atoms with Gasteiger partial charge in [0.1, 0.15) is 5.69 Å². The van der Waals surface area contributed by atoms with E-state index in [2.05, 4.69) is 15.1 Å². The highest BCUT2D eigenvalue weighted by molar-refractivity contribution is 5.98. The number of esters is 2. The lowest BCUT2D eigenvalue weighted by Crippen LogP contribution is -2.09. The number of carbonyl (C=O) groups excluding carboxylic acids is 2. The molecule has 1 N–H and O–H groups in total. The van der Waals surface area contributed by atoms with Crippen LogP contribution in [0.5, 0.6) is 0 Å². The van der Waals surface area contributed by atoms with Crippen molar-refractivity contribution in [2.24, 2.45) is 0 Å². The van der Waals surface area contributed by atoms with Crippen molar-refractivity contribution in [1.29, 1.82) is 0 Å². The molecule has 140 valence electrons. The molecule has 0 aliphatic carbocycles. The van der Waals surface area contributed by atoms with E-state index in [9.17, 15) is 9.59 Å². The summed E-state index contributed by atoms with van der Waals surface area (Å²) in [6, 6.07) is 9.31. The molecule has 0 atom stereocenters. The van der Waals surface area contributed by atoms with Crippen LogP contribution in [0.3, 0.4) is 0 Å². The van der Waals surface area contributed by atoms with E-state index >= 15 is 0 Å². The third-order valence-corrected chi connectivity index (χ3v) is 3.95. The predicted molar refractivity (Wildman–Crippen MR) is 95.1 cm³/mol. The minimum atomic E-state index is -0.620. The summed E-state index contributed by atoms with van der Waals surface area (Å²) in [7, 11) is 0. The van der Waals surface area contributed by atoms with Crippen molar-refractivity contribution < 1.29 is 23.6 Å². The molecular weight excluding hydrogens is 350 g/mol. The van der Waals surface area contributed by atoms with Crippen LogP contribution in [0.15, 0.2) is 34.9 Å². The Kier molecular flexibility index (Phi) is 5.35. The summed E-state index contributed by atoms with van der Waals surface area (Å²) in [5, 5.41) is 3.87. The lowest BCUT2D eigenvalue weighted by Gasteiger charge is -2.03. The van der Waals surface area contributed by atoms with Crippen molar-refractivity contribution >= 4 is 11.9 Å². The third-order valence-electron chi connectivity index (χ3n) is 3.95. The van der Waals surface area contributed by atoms with Crippen molar-refractivity contribution in [3.63, 3.8) is 0 Å². The van der Waals surface area contributed by atoms with Gasteiger partial charge in [-0.1, -0.05) is 35.5 Å². The zero-order chi connectivity index (χ0) is 19.4. The smallest absolute Gasteiger partial charge is 0.355 e. The number of aromatic nitrogens is 3. The molecule has 0 bridgehead atoms. The summed E-state index contributed by atoms with van der Waals surface area (Å²) in [4.78, 5) is 31.5. The van der Waals surface area contributed by atoms with E-state index in [1.165, 1.54) is 0 Å². The lowest BCUT2D eigenvalue weighted by atomic mass is 10.1. The maximum Gasteiger partial charge on any atom is 0.355 e. The number of aryl methyl sites for hydroxylation is 1. The number of carbonyl (C=O) groups is 2. The van der Waals surface area contributed by atoms with Crippen molar-refractivity contribution in [3.05, 3.63) is 58.7 Å². The Morgan fingerprint density at radius 2 is 1.85 bits per heavy atom. The standard InChI is InChI=1S/C19H19N3O5/c1-4-25-18(23)15-11(2)16(20-12(15)3)19(24)26-10-14-21-17(22-27-14)13-8-6-5-7-9-13/h5-9,20H,4,10H2,1-3H3. The summed E-state index contributed by atoms with van der Waals surface area (Å²) in [5.41, 5.74) is 2.36. The Hall–Kier alpha value is -3.42. The van der Waals surface area contributed by atoms with Crippen molar-refractivity contribution in [3.8, 4) is 11.4 Å². The topological polar surface area (TPSA) is 107 Å². The van der Waals surface area contributed by atoms with Crippen molar-refractivity contribution in [2.45, 2.75) is 27.4 Å². The van der Waals surface area contributed by atoms with Gasteiger partial charge in [0, 0.05) is 11.3 Å². The van der Waals surface area contributed by atoms with Gasteiger partial charge in [-0.2, -0.15) is 4.98 Å². The highest BCUT2D eigenvalue weighted by atomic mass is 16.6. The van der Waals surface area contributed by atoms with Crippen LogP contribution in [-0.2, 0) is 16.1 Å². The summed E-state index contributed by atoms with van der Waals surface area (Å²) >= 11 is 0. The van der Waals surface area contributed by atoms with Gasteiger partial charge in [0.05, 0.1) is 12.2 Å². The zero-order valence-corrected chi connectivity index (χ0v) is 15.2. The second-order valence-electron chi connectivity index (χ2n) is 5.80. The molecule has 0 unspecified atom stereocenters. The Balaban J connectivity index is 1.69. The molecule has 3 rings (SSSR count). The molecule has 0 saturated carbocycles. The highest BCUT2D eigenvalue weighted by Gasteiger charge is 2.24. The number of nitrogens with zero attached hydrogens (tertiary/aromatic N) is 2. The molecule has 0 radical (unpaired) electrons. The lowest BCUT2D eigenvalue weighted by molar-refractivity contribution is 0.0422. The van der Waals surface area contributed by atoms with Crippen molar-refractivity contribution in [1.82, 2.24) is 15.1 Å². The van der Waals surface area contributed by atoms with Crippen LogP contribution in [0.25, 0.3) is 11.4 Å². The average molecular weight is 369 g/mol. The van der Waals surface area contributed by atoms with Gasteiger partial charge >= 0.3 is 11.9 Å². The molecule has 3 aromatic rings. The average Bonchev–Trinajstić information content (AvgIpc) is 3.25. The molecule has 8 nitrogen and oxygen atoms in total. The minimum Gasteiger partial charge on any atom is -0.462 e. The summed E-state index contributed by atoms with van der Waals surface area (Å²) in [6.45, 7) is 5.15. The van der Waals surface area contributed by atoms with Gasteiger partial charge in [-0.05, 0) is 26.3 Å². The molecule has 0 saturated heterocycles. The van der Waals surface area contributed by atoms with E-state index in [0.29, 0.717) is 22.6 Å². The summed E-state index contributed by atoms with van der Waals surface area (Å²) in [5.74, 6) is -0.510. The summed E-state index contributed by atoms with van der Waals surface area (Å²) in [6.07, 6.45) is 0. The number of hydrogen-bond donors (Lipinski definition) is 1. The maximum absolute atomic E-state index is 12.4. The van der Waals surface area contributed by atoms with Crippen molar-refractivity contribution in [2.75, 3.05) is 6.61 Å². The number of aromatic amines is 1. The van der Waals surface area contributed by atoms with E-state index in [1.54, 1.807) is 20.8 Å². The second-order valence-corrected chi connectivity index (χ2v) is 5.80. The molecule has 0 aliphatic heterocycles. The maximum atomic E-state index is 12.4. The number of nitrogens with one attached hydrogen (secondary N) is 1. The van der Waals surface area contributed by atoms with Gasteiger partial charge in [-0.3, -0.25) is 0 Å². The van der Waals surface area contributed by atoms with Crippen LogP contribution in [0.4, 0.5) is 0 Å². The normalized spacial score (nSPS) is 10.6. The van der Waals surface area contributed by atoms with E-state index in [1.807, 2.05) is 30.3 Å². The quantitative estimate of drug-likeness (QED) is 0.665. The first kappa shape index (κ1) is 18.4. The zero-order valence-electron chi connectivity index (χ0n) is 15.2. The number of H-pyrrole nitrogens is 1. The van der Waals surface area contributed by atoms with Crippen LogP contribution < -0.4 is 0 Å². The number of benzene rings is 1. The molecule has 2 heterocycles. The van der Waals surface area contributed by atoms with Gasteiger partial charge in [-0.15, -0.1) is 0 Å². The third kappa shape index (κ3) is 3.89. The Labute approximate surface area is 155 Å². The fourth-order valence-electron chi connectivity index (χ4n) is 2.68. The van der Waals surface area contributed by atoms with Crippen LogP contribution in [0.2, 0.25) is 0 Å². The second kappa shape index (κ2) is 7.86. The highest BCUT2D eigenvalue weighted by Crippen LogP contribution is 2.20. The van der Waals surface area contributed by atoms with Gasteiger partial charge in [0.25, 0.3) is 5.89 Å². The molecule has 0 spiro atoms. The van der Waals surface area contributed by atoms with Gasteiger partial charge in [-0.25, -0.2) is 9.59 Å². The van der Waals surface area contributed by atoms with E-state index in [-0.39, 0.29) is 24.8 Å². The first-order valence-corrected chi connectivity index (χ1v) is 8.42. The van der Waals surface area contributed by atoms with Gasteiger partial charge in [0.2, 0.25) is 5.82 Å². The molecule has 8 heteroatoms. The number of rotatable bonds is 6. The first-order chi connectivity index (χ1) is 13.0. The van der Waals surface area contributed by atoms with Gasteiger partial charge < -0.3 is 19.0 Å².